The second kappa shape index (κ2) is 2.81. The van der Waals surface area contributed by atoms with Crippen molar-refractivity contribution < 1.29 is 8.94 Å². The number of halogens is 1. The molecule has 0 bridgehead atoms. The predicted octanol–water partition coefficient (Wildman–Crippen LogP) is 2.48. The number of aryl methyl sites for hydroxylation is 1. The van der Waals surface area contributed by atoms with Crippen molar-refractivity contribution in [3.63, 3.8) is 0 Å². The van der Waals surface area contributed by atoms with E-state index in [9.17, 15) is 0 Å². The van der Waals surface area contributed by atoms with Crippen molar-refractivity contribution in [2.24, 2.45) is 0 Å². The number of nitrogens with zero attached hydrogens (tertiary/aromatic N) is 1. The third-order valence-electron chi connectivity index (χ3n) is 1.73. The zero-order chi connectivity index (χ0) is 9.42. The lowest BCUT2D eigenvalue weighted by atomic mass is 10.2. The van der Waals surface area contributed by atoms with Gasteiger partial charge in [0.1, 0.15) is 5.02 Å². The maximum Gasteiger partial charge on any atom is 0.223 e. The first-order valence-electron chi connectivity index (χ1n) is 3.65. The van der Waals surface area contributed by atoms with Crippen molar-refractivity contribution in [1.82, 2.24) is 5.16 Å². The summed E-state index contributed by atoms with van der Waals surface area (Å²) < 4.78 is 10.1. The molecule has 5 heteroatoms. The van der Waals surface area contributed by atoms with E-state index in [0.717, 1.165) is 5.56 Å². The zero-order valence-corrected chi connectivity index (χ0v) is 7.63. The molecule has 2 heterocycles. The molecule has 0 aromatic carbocycles. The first-order valence-corrected chi connectivity index (χ1v) is 4.03. The van der Waals surface area contributed by atoms with Gasteiger partial charge in [-0.25, -0.2) is 0 Å². The van der Waals surface area contributed by atoms with E-state index in [1.54, 1.807) is 6.26 Å². The third kappa shape index (κ3) is 1.19. The maximum absolute atomic E-state index is 5.83. The Morgan fingerprint density at radius 2 is 2.23 bits per heavy atom. The summed E-state index contributed by atoms with van der Waals surface area (Å²) in [6.45, 7) is 1.88. The molecule has 0 saturated carbocycles. The lowest BCUT2D eigenvalue weighted by molar-refractivity contribution is 0.420. The molecule has 0 aliphatic carbocycles. The van der Waals surface area contributed by atoms with Crippen LogP contribution in [0.15, 0.2) is 21.3 Å². The van der Waals surface area contributed by atoms with Gasteiger partial charge in [0.05, 0.1) is 6.26 Å². The van der Waals surface area contributed by atoms with Gasteiger partial charge in [0.25, 0.3) is 0 Å². The lowest BCUT2D eigenvalue weighted by Gasteiger charge is -1.91. The van der Waals surface area contributed by atoms with E-state index in [0.29, 0.717) is 11.5 Å². The normalized spacial score (nSPS) is 10.6. The van der Waals surface area contributed by atoms with E-state index < -0.39 is 0 Å². The molecule has 2 aromatic heterocycles. The Hall–Kier alpha value is -1.42. The molecule has 0 unspecified atom stereocenters. The summed E-state index contributed by atoms with van der Waals surface area (Å²) >= 11 is 5.83. The molecule has 13 heavy (non-hydrogen) atoms. The molecule has 0 atom stereocenters. The predicted molar refractivity (Wildman–Crippen MR) is 48.4 cm³/mol. The fraction of sp³-hybridized carbons (Fsp3) is 0.125. The SMILES string of the molecule is Cc1ccoc1-c1onc(N)c1Cl. The van der Waals surface area contributed by atoms with Crippen LogP contribution >= 0.6 is 11.6 Å². The van der Waals surface area contributed by atoms with Crippen LogP contribution in [0.5, 0.6) is 0 Å². The highest BCUT2D eigenvalue weighted by molar-refractivity contribution is 6.35. The van der Waals surface area contributed by atoms with Crippen LogP contribution in [0.1, 0.15) is 5.56 Å². The number of aromatic nitrogens is 1. The fourth-order valence-electron chi connectivity index (χ4n) is 1.04. The van der Waals surface area contributed by atoms with E-state index in [2.05, 4.69) is 5.16 Å². The highest BCUT2D eigenvalue weighted by Crippen LogP contribution is 2.34. The minimum Gasteiger partial charge on any atom is -0.461 e. The largest absolute Gasteiger partial charge is 0.461 e. The van der Waals surface area contributed by atoms with Crippen LogP contribution in [-0.2, 0) is 0 Å². The summed E-state index contributed by atoms with van der Waals surface area (Å²) in [7, 11) is 0. The van der Waals surface area contributed by atoms with Crippen LogP contribution in [0.4, 0.5) is 5.82 Å². The molecular weight excluding hydrogens is 192 g/mol. The number of furan rings is 1. The summed E-state index contributed by atoms with van der Waals surface area (Å²) in [6, 6.07) is 1.81. The Bertz CT molecular complexity index is 433. The van der Waals surface area contributed by atoms with E-state index in [1.165, 1.54) is 0 Å². The lowest BCUT2D eigenvalue weighted by Crippen LogP contribution is -1.83. The molecule has 0 aliphatic heterocycles. The number of nitrogen functional groups attached to an aromatic ring is 1. The minimum absolute atomic E-state index is 0.174. The number of hydrogen-bond donors (Lipinski definition) is 1. The quantitative estimate of drug-likeness (QED) is 0.765. The van der Waals surface area contributed by atoms with Gasteiger partial charge in [-0.15, -0.1) is 0 Å². The van der Waals surface area contributed by atoms with Crippen molar-refractivity contribution in [2.75, 3.05) is 5.73 Å². The van der Waals surface area contributed by atoms with Gasteiger partial charge in [-0.05, 0) is 18.6 Å². The monoisotopic (exact) mass is 198 g/mol. The van der Waals surface area contributed by atoms with Gasteiger partial charge in [0, 0.05) is 0 Å². The summed E-state index contributed by atoms with van der Waals surface area (Å²) in [4.78, 5) is 0. The van der Waals surface area contributed by atoms with Gasteiger partial charge >= 0.3 is 0 Å². The number of nitrogens with two attached hydrogens (primary N) is 1. The van der Waals surface area contributed by atoms with Crippen LogP contribution in [0.25, 0.3) is 11.5 Å². The Morgan fingerprint density at radius 1 is 1.46 bits per heavy atom. The van der Waals surface area contributed by atoms with Gasteiger partial charge in [0.2, 0.25) is 5.76 Å². The smallest absolute Gasteiger partial charge is 0.223 e. The highest BCUT2D eigenvalue weighted by Gasteiger charge is 2.17. The molecule has 2 aromatic rings. The van der Waals surface area contributed by atoms with Gasteiger partial charge in [-0.1, -0.05) is 16.8 Å². The van der Waals surface area contributed by atoms with Gasteiger partial charge in [-0.3, -0.25) is 0 Å². The van der Waals surface area contributed by atoms with Crippen LogP contribution in [0.2, 0.25) is 5.02 Å². The molecular formula is C8H7ClN2O2. The van der Waals surface area contributed by atoms with Crippen molar-refractivity contribution >= 4 is 17.4 Å². The highest BCUT2D eigenvalue weighted by atomic mass is 35.5. The summed E-state index contributed by atoms with van der Waals surface area (Å²) in [5.74, 6) is 1.11. The van der Waals surface area contributed by atoms with Crippen molar-refractivity contribution in [3.05, 3.63) is 22.9 Å². The molecule has 0 aliphatic rings. The molecule has 68 valence electrons. The van der Waals surface area contributed by atoms with Gasteiger partial charge < -0.3 is 14.7 Å². The summed E-state index contributed by atoms with van der Waals surface area (Å²) in [6.07, 6.45) is 1.56. The molecule has 0 radical (unpaired) electrons. The number of hydrogen-bond acceptors (Lipinski definition) is 4. The fourth-order valence-corrected chi connectivity index (χ4v) is 1.19. The topological polar surface area (TPSA) is 65.2 Å². The first-order chi connectivity index (χ1) is 6.20. The van der Waals surface area contributed by atoms with Gasteiger partial charge in [-0.2, -0.15) is 0 Å². The first kappa shape index (κ1) is 8.19. The molecule has 0 amide bonds. The van der Waals surface area contributed by atoms with E-state index in [4.69, 9.17) is 26.3 Å². The van der Waals surface area contributed by atoms with Crippen LogP contribution < -0.4 is 5.73 Å². The number of rotatable bonds is 1. The van der Waals surface area contributed by atoms with Gasteiger partial charge in [0.15, 0.2) is 11.6 Å². The minimum atomic E-state index is 0.174. The molecule has 0 saturated heterocycles. The third-order valence-corrected chi connectivity index (χ3v) is 2.09. The Labute approximate surface area is 79.3 Å². The average molecular weight is 199 g/mol. The molecule has 0 fully saturated rings. The molecule has 2 N–H and O–H groups in total. The second-order valence-electron chi connectivity index (χ2n) is 2.64. The van der Waals surface area contributed by atoms with Crippen molar-refractivity contribution in [3.8, 4) is 11.5 Å². The van der Waals surface area contributed by atoms with Crippen LogP contribution in [0, 0.1) is 6.92 Å². The van der Waals surface area contributed by atoms with Crippen LogP contribution in [-0.4, -0.2) is 5.16 Å². The molecule has 0 spiro atoms. The Morgan fingerprint density at radius 3 is 2.69 bits per heavy atom. The van der Waals surface area contributed by atoms with Crippen molar-refractivity contribution in [2.45, 2.75) is 6.92 Å². The molecule has 4 nitrogen and oxygen atoms in total. The standard InChI is InChI=1S/C8H7ClN2O2/c1-4-2-3-12-6(4)7-5(9)8(10)11-13-7/h2-3H,1H3,(H2,10,11). The van der Waals surface area contributed by atoms with Crippen LogP contribution in [0.3, 0.4) is 0 Å². The Kier molecular flexibility index (Phi) is 1.77. The number of anilines is 1. The second-order valence-corrected chi connectivity index (χ2v) is 3.02. The average Bonchev–Trinajstić information content (AvgIpc) is 2.62. The molecule has 2 rings (SSSR count). The maximum atomic E-state index is 5.83. The Balaban J connectivity index is 2.59. The van der Waals surface area contributed by atoms with E-state index >= 15 is 0 Å². The van der Waals surface area contributed by atoms with E-state index in [1.807, 2.05) is 13.0 Å². The van der Waals surface area contributed by atoms with E-state index in [-0.39, 0.29) is 10.8 Å². The zero-order valence-electron chi connectivity index (χ0n) is 6.87. The summed E-state index contributed by atoms with van der Waals surface area (Å²) in [5, 5.41) is 3.81. The van der Waals surface area contributed by atoms with Crippen molar-refractivity contribution in [1.29, 1.82) is 0 Å². The summed E-state index contributed by atoms with van der Waals surface area (Å²) in [5.41, 5.74) is 6.35.